The van der Waals surface area contributed by atoms with Crippen molar-refractivity contribution in [3.05, 3.63) is 28.2 Å². The fourth-order valence-electron chi connectivity index (χ4n) is 2.52. The molecule has 1 aliphatic rings. The summed E-state index contributed by atoms with van der Waals surface area (Å²) in [6.45, 7) is 2.78. The molecule has 3 nitrogen and oxygen atoms in total. The molecule has 2 rings (SSSR count). The molecule has 1 aromatic rings. The maximum absolute atomic E-state index is 11.9. The van der Waals surface area contributed by atoms with E-state index in [-0.39, 0.29) is 6.03 Å². The van der Waals surface area contributed by atoms with Crippen molar-refractivity contribution in [2.75, 3.05) is 11.9 Å². The van der Waals surface area contributed by atoms with Crippen LogP contribution < -0.4 is 10.6 Å². The smallest absolute Gasteiger partial charge is 0.319 e. The lowest BCUT2D eigenvalue weighted by molar-refractivity contribution is 0.247. The van der Waals surface area contributed by atoms with Gasteiger partial charge in [-0.2, -0.15) is 0 Å². The second kappa shape index (κ2) is 6.94. The summed E-state index contributed by atoms with van der Waals surface area (Å²) in [7, 11) is 0. The van der Waals surface area contributed by atoms with Crippen LogP contribution in [0.4, 0.5) is 10.5 Å². The van der Waals surface area contributed by atoms with Crippen LogP contribution in [0.5, 0.6) is 0 Å². The Morgan fingerprint density at radius 2 is 2.05 bits per heavy atom. The van der Waals surface area contributed by atoms with Gasteiger partial charge in [0, 0.05) is 16.7 Å². The SMILES string of the molecule is Cc1ccc(Br)cc1NC(=O)NCC1CCCCC1. The third kappa shape index (κ3) is 4.53. The van der Waals surface area contributed by atoms with Gasteiger partial charge in [-0.1, -0.05) is 41.3 Å². The second-order valence-corrected chi connectivity index (χ2v) is 6.21. The number of nitrogens with one attached hydrogen (secondary N) is 2. The zero-order valence-corrected chi connectivity index (χ0v) is 12.9. The molecule has 0 aliphatic heterocycles. The Kier molecular flexibility index (Phi) is 5.25. The molecule has 1 aromatic carbocycles. The quantitative estimate of drug-likeness (QED) is 0.846. The Balaban J connectivity index is 1.81. The highest BCUT2D eigenvalue weighted by molar-refractivity contribution is 9.10. The molecular formula is C15H21BrN2O. The molecule has 0 spiro atoms. The van der Waals surface area contributed by atoms with Crippen LogP contribution in [-0.4, -0.2) is 12.6 Å². The Morgan fingerprint density at radius 3 is 2.79 bits per heavy atom. The van der Waals surface area contributed by atoms with Gasteiger partial charge in [0.05, 0.1) is 0 Å². The highest BCUT2D eigenvalue weighted by Crippen LogP contribution is 2.23. The summed E-state index contributed by atoms with van der Waals surface area (Å²) in [6, 6.07) is 5.78. The Labute approximate surface area is 123 Å². The molecule has 0 atom stereocenters. The maximum atomic E-state index is 11.9. The molecule has 104 valence electrons. The lowest BCUT2D eigenvalue weighted by Crippen LogP contribution is -2.33. The van der Waals surface area contributed by atoms with Gasteiger partial charge < -0.3 is 10.6 Å². The molecular weight excluding hydrogens is 304 g/mol. The van der Waals surface area contributed by atoms with Gasteiger partial charge in [-0.3, -0.25) is 0 Å². The summed E-state index contributed by atoms with van der Waals surface area (Å²) in [4.78, 5) is 11.9. The minimum absolute atomic E-state index is 0.105. The van der Waals surface area contributed by atoms with E-state index in [1.54, 1.807) is 0 Å². The molecule has 4 heteroatoms. The standard InChI is InChI=1S/C15H21BrN2O/c1-11-7-8-13(16)9-14(11)18-15(19)17-10-12-5-3-2-4-6-12/h7-9,12H,2-6,10H2,1H3,(H2,17,18,19). The monoisotopic (exact) mass is 324 g/mol. The normalized spacial score (nSPS) is 16.1. The number of amides is 2. The van der Waals surface area contributed by atoms with Gasteiger partial charge in [-0.05, 0) is 43.4 Å². The molecule has 2 N–H and O–H groups in total. The van der Waals surface area contributed by atoms with Crippen LogP contribution in [0.1, 0.15) is 37.7 Å². The van der Waals surface area contributed by atoms with E-state index < -0.39 is 0 Å². The van der Waals surface area contributed by atoms with E-state index >= 15 is 0 Å². The van der Waals surface area contributed by atoms with Crippen molar-refractivity contribution in [3.63, 3.8) is 0 Å². The van der Waals surface area contributed by atoms with E-state index in [0.717, 1.165) is 22.3 Å². The predicted octanol–water partition coefficient (Wildman–Crippen LogP) is 4.46. The van der Waals surface area contributed by atoms with E-state index in [1.807, 2.05) is 25.1 Å². The van der Waals surface area contributed by atoms with Crippen LogP contribution in [0.15, 0.2) is 22.7 Å². The topological polar surface area (TPSA) is 41.1 Å². The van der Waals surface area contributed by atoms with Crippen LogP contribution in [0.2, 0.25) is 0 Å². The van der Waals surface area contributed by atoms with Crippen molar-refractivity contribution in [2.24, 2.45) is 5.92 Å². The van der Waals surface area contributed by atoms with Crippen LogP contribution in [-0.2, 0) is 0 Å². The number of anilines is 1. The lowest BCUT2D eigenvalue weighted by atomic mass is 9.89. The molecule has 1 aliphatic carbocycles. The van der Waals surface area contributed by atoms with Gasteiger partial charge in [0.2, 0.25) is 0 Å². The molecule has 1 saturated carbocycles. The first-order valence-electron chi connectivity index (χ1n) is 6.96. The molecule has 0 bridgehead atoms. The van der Waals surface area contributed by atoms with E-state index in [0.29, 0.717) is 5.92 Å². The average molecular weight is 325 g/mol. The van der Waals surface area contributed by atoms with Crippen LogP contribution >= 0.6 is 15.9 Å². The average Bonchev–Trinajstić information content (AvgIpc) is 2.42. The van der Waals surface area contributed by atoms with Crippen molar-refractivity contribution in [1.82, 2.24) is 5.32 Å². The van der Waals surface area contributed by atoms with Crippen molar-refractivity contribution < 1.29 is 4.79 Å². The van der Waals surface area contributed by atoms with Crippen LogP contribution in [0.25, 0.3) is 0 Å². The number of rotatable bonds is 3. The first kappa shape index (κ1) is 14.4. The first-order chi connectivity index (χ1) is 9.15. The molecule has 0 aromatic heterocycles. The molecule has 19 heavy (non-hydrogen) atoms. The number of hydrogen-bond donors (Lipinski definition) is 2. The molecule has 2 amide bonds. The highest BCUT2D eigenvalue weighted by Gasteiger charge is 2.14. The number of halogens is 1. The molecule has 0 saturated heterocycles. The number of hydrogen-bond acceptors (Lipinski definition) is 1. The summed E-state index contributed by atoms with van der Waals surface area (Å²) in [5, 5.41) is 5.89. The number of carbonyl (C=O) groups excluding carboxylic acids is 1. The Morgan fingerprint density at radius 1 is 1.32 bits per heavy atom. The van der Waals surface area contributed by atoms with Crippen LogP contribution in [0, 0.1) is 12.8 Å². The zero-order valence-electron chi connectivity index (χ0n) is 11.3. The zero-order chi connectivity index (χ0) is 13.7. The molecule has 0 heterocycles. The molecule has 1 fully saturated rings. The minimum Gasteiger partial charge on any atom is -0.338 e. The van der Waals surface area contributed by atoms with E-state index in [2.05, 4.69) is 26.6 Å². The lowest BCUT2D eigenvalue weighted by Gasteiger charge is -2.21. The second-order valence-electron chi connectivity index (χ2n) is 5.30. The van der Waals surface area contributed by atoms with E-state index in [4.69, 9.17) is 0 Å². The third-order valence-corrected chi connectivity index (χ3v) is 4.22. The van der Waals surface area contributed by atoms with Crippen LogP contribution in [0.3, 0.4) is 0 Å². The highest BCUT2D eigenvalue weighted by atomic mass is 79.9. The number of carbonyl (C=O) groups is 1. The summed E-state index contributed by atoms with van der Waals surface area (Å²) in [5.41, 5.74) is 1.92. The predicted molar refractivity (Wildman–Crippen MR) is 82.5 cm³/mol. The first-order valence-corrected chi connectivity index (χ1v) is 7.75. The summed E-state index contributed by atoms with van der Waals surface area (Å²) in [5.74, 6) is 0.656. The van der Waals surface area contributed by atoms with Gasteiger partial charge in [-0.15, -0.1) is 0 Å². The minimum atomic E-state index is -0.105. The number of aryl methyl sites for hydroxylation is 1. The summed E-state index contributed by atoms with van der Waals surface area (Å²) < 4.78 is 0.973. The largest absolute Gasteiger partial charge is 0.338 e. The number of benzene rings is 1. The fourth-order valence-corrected chi connectivity index (χ4v) is 2.88. The van der Waals surface area contributed by atoms with E-state index in [9.17, 15) is 4.79 Å². The van der Waals surface area contributed by atoms with Gasteiger partial charge in [0.15, 0.2) is 0 Å². The molecule has 0 radical (unpaired) electrons. The third-order valence-electron chi connectivity index (χ3n) is 3.72. The summed E-state index contributed by atoms with van der Waals surface area (Å²) in [6.07, 6.45) is 6.45. The molecule has 0 unspecified atom stereocenters. The van der Waals surface area contributed by atoms with E-state index in [1.165, 1.54) is 32.1 Å². The fraction of sp³-hybridized carbons (Fsp3) is 0.533. The van der Waals surface area contributed by atoms with Crippen molar-refractivity contribution in [3.8, 4) is 0 Å². The summed E-state index contributed by atoms with van der Waals surface area (Å²) >= 11 is 3.42. The van der Waals surface area contributed by atoms with Crippen molar-refractivity contribution >= 4 is 27.6 Å². The van der Waals surface area contributed by atoms with Gasteiger partial charge in [0.25, 0.3) is 0 Å². The number of urea groups is 1. The maximum Gasteiger partial charge on any atom is 0.319 e. The van der Waals surface area contributed by atoms with Crippen molar-refractivity contribution in [2.45, 2.75) is 39.0 Å². The Hall–Kier alpha value is -1.03. The van der Waals surface area contributed by atoms with Gasteiger partial charge >= 0.3 is 6.03 Å². The van der Waals surface area contributed by atoms with Gasteiger partial charge in [-0.25, -0.2) is 4.79 Å². The van der Waals surface area contributed by atoms with Gasteiger partial charge in [0.1, 0.15) is 0 Å². The van der Waals surface area contributed by atoms with Crippen molar-refractivity contribution in [1.29, 1.82) is 0 Å². The Bertz CT molecular complexity index is 442.